The molecular weight excluding hydrogens is 460 g/mol. The van der Waals surface area contributed by atoms with Crippen LogP contribution in [0.4, 0.5) is 5.69 Å². The first kappa shape index (κ1) is 22.6. The van der Waals surface area contributed by atoms with E-state index in [0.717, 1.165) is 11.1 Å². The quantitative estimate of drug-likeness (QED) is 0.449. The predicted octanol–water partition coefficient (Wildman–Crippen LogP) is 5.85. The number of carbonyl (C=O) groups excluding carboxylic acids is 1. The van der Waals surface area contributed by atoms with Crippen molar-refractivity contribution < 1.29 is 19.4 Å². The second-order valence-electron chi connectivity index (χ2n) is 7.17. The Morgan fingerprint density at radius 1 is 1.12 bits per heavy atom. The summed E-state index contributed by atoms with van der Waals surface area (Å²) in [6, 6.07) is 21.2. The van der Waals surface area contributed by atoms with Gasteiger partial charge in [0.25, 0.3) is 5.91 Å². The summed E-state index contributed by atoms with van der Waals surface area (Å²) in [5.41, 5.74) is 2.36. The number of nitrogens with zero attached hydrogens (tertiary/aromatic N) is 2. The summed E-state index contributed by atoms with van der Waals surface area (Å²) in [6.45, 7) is 0.363. The van der Waals surface area contributed by atoms with Crippen LogP contribution in [-0.4, -0.2) is 34.1 Å². The molecule has 4 rings (SSSR count). The van der Waals surface area contributed by atoms with Crippen molar-refractivity contribution in [3.8, 4) is 5.75 Å². The van der Waals surface area contributed by atoms with Crippen molar-refractivity contribution in [3.63, 3.8) is 0 Å². The summed E-state index contributed by atoms with van der Waals surface area (Å²) >= 11 is 7.40. The van der Waals surface area contributed by atoms with E-state index in [2.05, 4.69) is 4.99 Å². The molecule has 0 bridgehead atoms. The Kier molecular flexibility index (Phi) is 6.82. The van der Waals surface area contributed by atoms with Gasteiger partial charge in [0.15, 0.2) is 5.17 Å². The fourth-order valence-electron chi connectivity index (χ4n) is 3.06. The van der Waals surface area contributed by atoms with Crippen LogP contribution in [0.2, 0.25) is 5.02 Å². The van der Waals surface area contributed by atoms with Gasteiger partial charge >= 0.3 is 5.97 Å². The van der Waals surface area contributed by atoms with E-state index >= 15 is 0 Å². The minimum Gasteiger partial charge on any atom is -0.489 e. The van der Waals surface area contributed by atoms with Gasteiger partial charge < -0.3 is 9.84 Å². The molecule has 0 aliphatic carbocycles. The predicted molar refractivity (Wildman–Crippen MR) is 131 cm³/mol. The number of thioether (sulfide) groups is 1. The first-order chi connectivity index (χ1) is 15.9. The number of halogens is 1. The third-order valence-corrected chi connectivity index (χ3v) is 6.28. The van der Waals surface area contributed by atoms with Gasteiger partial charge in [-0.05, 0) is 59.8 Å². The zero-order valence-electron chi connectivity index (χ0n) is 17.6. The van der Waals surface area contributed by atoms with Gasteiger partial charge in [0.05, 0.1) is 16.2 Å². The molecule has 0 radical (unpaired) electrons. The number of ether oxygens (including phenoxy) is 1. The molecule has 6 nitrogen and oxygen atoms in total. The van der Waals surface area contributed by atoms with Crippen LogP contribution in [0.25, 0.3) is 6.08 Å². The van der Waals surface area contributed by atoms with Gasteiger partial charge in [-0.2, -0.15) is 0 Å². The number of rotatable bonds is 6. The van der Waals surface area contributed by atoms with Crippen LogP contribution in [0.5, 0.6) is 5.75 Å². The van der Waals surface area contributed by atoms with Crippen molar-refractivity contribution in [1.82, 2.24) is 4.90 Å². The fraction of sp³-hybridized carbons (Fsp3) is 0.0800. The second kappa shape index (κ2) is 9.94. The molecule has 0 atom stereocenters. The third-order valence-electron chi connectivity index (χ3n) is 4.85. The van der Waals surface area contributed by atoms with Gasteiger partial charge in [-0.1, -0.05) is 48.0 Å². The standard InChI is InChI=1S/C25H19ClN2O4S/c1-28-23(29)22(33-25(28)27-19-7-4-6-17(14-19)24(30)31)13-16-9-11-20(12-10-16)32-15-18-5-2-3-8-21(18)26/h2-14H,15H2,1H3,(H,30,31)/b22-13-,27-25?. The number of carbonyl (C=O) groups is 2. The zero-order chi connectivity index (χ0) is 23.4. The Morgan fingerprint density at radius 3 is 2.61 bits per heavy atom. The fourth-order valence-corrected chi connectivity index (χ4v) is 4.24. The Labute approximate surface area is 200 Å². The average Bonchev–Trinajstić information content (AvgIpc) is 3.07. The van der Waals surface area contributed by atoms with E-state index in [1.165, 1.54) is 28.8 Å². The lowest BCUT2D eigenvalue weighted by Crippen LogP contribution is -2.23. The number of carboxylic acid groups (broad SMARTS) is 1. The van der Waals surface area contributed by atoms with Crippen LogP contribution in [0.15, 0.2) is 82.7 Å². The van der Waals surface area contributed by atoms with Crippen LogP contribution >= 0.6 is 23.4 Å². The van der Waals surface area contributed by atoms with Crippen molar-refractivity contribution >= 4 is 52.2 Å². The molecule has 1 aliphatic heterocycles. The molecule has 0 saturated carbocycles. The smallest absolute Gasteiger partial charge is 0.335 e. The van der Waals surface area contributed by atoms with Crippen molar-refractivity contribution in [2.75, 3.05) is 7.05 Å². The normalized spacial score (nSPS) is 15.9. The Morgan fingerprint density at radius 2 is 1.88 bits per heavy atom. The van der Waals surface area contributed by atoms with Crippen LogP contribution in [0.1, 0.15) is 21.5 Å². The van der Waals surface area contributed by atoms with Crippen molar-refractivity contribution in [2.45, 2.75) is 6.61 Å². The van der Waals surface area contributed by atoms with E-state index in [1.54, 1.807) is 25.3 Å². The van der Waals surface area contributed by atoms with E-state index in [-0.39, 0.29) is 11.5 Å². The molecule has 1 heterocycles. The number of hydrogen-bond donors (Lipinski definition) is 1. The molecule has 1 saturated heterocycles. The topological polar surface area (TPSA) is 79.2 Å². The highest BCUT2D eigenvalue weighted by Gasteiger charge is 2.30. The first-order valence-electron chi connectivity index (χ1n) is 9.96. The Bertz CT molecular complexity index is 1270. The minimum absolute atomic E-state index is 0.140. The zero-order valence-corrected chi connectivity index (χ0v) is 19.1. The molecule has 1 N–H and O–H groups in total. The highest BCUT2D eigenvalue weighted by Crippen LogP contribution is 2.33. The molecule has 33 heavy (non-hydrogen) atoms. The van der Waals surface area contributed by atoms with Crippen molar-refractivity contribution in [1.29, 1.82) is 0 Å². The molecule has 8 heteroatoms. The SMILES string of the molecule is CN1C(=O)/C(=C/c2ccc(OCc3ccccc3Cl)cc2)SC1=Nc1cccc(C(=O)O)c1. The summed E-state index contributed by atoms with van der Waals surface area (Å²) in [5, 5.41) is 10.3. The monoisotopic (exact) mass is 478 g/mol. The highest BCUT2D eigenvalue weighted by molar-refractivity contribution is 8.18. The van der Waals surface area contributed by atoms with Gasteiger partial charge in [0, 0.05) is 17.6 Å². The number of amides is 1. The van der Waals surface area contributed by atoms with Crippen molar-refractivity contribution in [2.24, 2.45) is 4.99 Å². The number of hydrogen-bond acceptors (Lipinski definition) is 5. The average molecular weight is 479 g/mol. The molecule has 0 unspecified atom stereocenters. The number of likely N-dealkylation sites (N-methyl/N-ethyl adjacent to an activating group) is 1. The van der Waals surface area contributed by atoms with E-state index in [0.29, 0.717) is 33.1 Å². The second-order valence-corrected chi connectivity index (χ2v) is 8.59. The molecule has 1 amide bonds. The maximum absolute atomic E-state index is 12.7. The molecule has 3 aromatic rings. The number of amidine groups is 1. The first-order valence-corrected chi connectivity index (χ1v) is 11.2. The van der Waals surface area contributed by atoms with E-state index in [9.17, 15) is 9.59 Å². The summed E-state index contributed by atoms with van der Waals surface area (Å²) < 4.78 is 5.80. The number of aliphatic imine (C=N–C) groups is 1. The van der Waals surface area contributed by atoms with E-state index < -0.39 is 5.97 Å². The molecule has 3 aromatic carbocycles. The van der Waals surface area contributed by atoms with Crippen LogP contribution in [0, 0.1) is 0 Å². The summed E-state index contributed by atoms with van der Waals surface area (Å²) in [6.07, 6.45) is 1.79. The third kappa shape index (κ3) is 5.45. The molecule has 0 aromatic heterocycles. The van der Waals surface area contributed by atoms with Gasteiger partial charge in [-0.3, -0.25) is 9.69 Å². The van der Waals surface area contributed by atoms with Crippen LogP contribution < -0.4 is 4.74 Å². The minimum atomic E-state index is -1.03. The molecule has 166 valence electrons. The lowest BCUT2D eigenvalue weighted by Gasteiger charge is -2.08. The Hall–Kier alpha value is -3.55. The molecule has 1 aliphatic rings. The maximum atomic E-state index is 12.7. The van der Waals surface area contributed by atoms with E-state index in [4.69, 9.17) is 21.4 Å². The maximum Gasteiger partial charge on any atom is 0.335 e. The van der Waals surface area contributed by atoms with Crippen molar-refractivity contribution in [3.05, 3.63) is 99.4 Å². The highest BCUT2D eigenvalue weighted by atomic mass is 35.5. The largest absolute Gasteiger partial charge is 0.489 e. The van der Waals surface area contributed by atoms with E-state index in [1.807, 2.05) is 48.5 Å². The Balaban J connectivity index is 1.46. The van der Waals surface area contributed by atoms with Gasteiger partial charge in [-0.25, -0.2) is 9.79 Å². The van der Waals surface area contributed by atoms with Gasteiger partial charge in [0.2, 0.25) is 0 Å². The number of benzene rings is 3. The molecule has 1 fully saturated rings. The molecule has 0 spiro atoms. The van der Waals surface area contributed by atoms with Gasteiger partial charge in [-0.15, -0.1) is 0 Å². The number of aromatic carboxylic acids is 1. The molecular formula is C25H19ClN2O4S. The van der Waals surface area contributed by atoms with Gasteiger partial charge in [0.1, 0.15) is 12.4 Å². The number of carboxylic acids is 1. The lowest BCUT2D eigenvalue weighted by molar-refractivity contribution is -0.121. The summed E-state index contributed by atoms with van der Waals surface area (Å²) in [4.78, 5) is 30.3. The van der Waals surface area contributed by atoms with Crippen LogP contribution in [-0.2, 0) is 11.4 Å². The lowest BCUT2D eigenvalue weighted by atomic mass is 10.2. The van der Waals surface area contributed by atoms with Crippen LogP contribution in [0.3, 0.4) is 0 Å². The summed E-state index contributed by atoms with van der Waals surface area (Å²) in [5.74, 6) is -0.507. The summed E-state index contributed by atoms with van der Waals surface area (Å²) in [7, 11) is 1.64.